The normalized spacial score (nSPS) is 10.9. The largest absolute Gasteiger partial charge is 0.404 e. The molecule has 0 saturated carbocycles. The average Bonchev–Trinajstić information content (AvgIpc) is 2.64. The average molecular weight is 235 g/mol. The van der Waals surface area contributed by atoms with Crippen molar-refractivity contribution in [2.75, 3.05) is 5.73 Å². The molecule has 1 aromatic carbocycles. The maximum atomic E-state index is 5.39. The van der Waals surface area contributed by atoms with Crippen LogP contribution in [-0.4, -0.2) is 15.4 Å². The lowest BCUT2D eigenvalue weighted by Gasteiger charge is -2.05. The van der Waals surface area contributed by atoms with Gasteiger partial charge in [0, 0.05) is 15.7 Å². The lowest BCUT2D eigenvalue weighted by Crippen LogP contribution is -1.86. The highest BCUT2D eigenvalue weighted by Crippen LogP contribution is 2.27. The van der Waals surface area contributed by atoms with E-state index >= 15 is 0 Å². The van der Waals surface area contributed by atoms with Crippen LogP contribution in [0.15, 0.2) is 33.6 Å². The van der Waals surface area contributed by atoms with Crippen LogP contribution in [0.5, 0.6) is 0 Å². The number of aromatic nitrogens is 2. The summed E-state index contributed by atoms with van der Waals surface area (Å²) in [6.45, 7) is 4.31. The molecule has 2 rings (SSSR count). The second kappa shape index (κ2) is 4.57. The Balaban J connectivity index is 2.28. The Morgan fingerprint density at radius 2 is 2.12 bits per heavy atom. The van der Waals surface area contributed by atoms with Crippen LogP contribution >= 0.6 is 11.8 Å². The van der Waals surface area contributed by atoms with Crippen molar-refractivity contribution in [2.45, 2.75) is 24.0 Å². The predicted octanol–water partition coefficient (Wildman–Crippen LogP) is 2.82. The van der Waals surface area contributed by atoms with Crippen LogP contribution in [0.2, 0.25) is 0 Å². The monoisotopic (exact) mass is 235 g/mol. The lowest BCUT2D eigenvalue weighted by molar-refractivity contribution is 0.590. The van der Waals surface area contributed by atoms with E-state index in [4.69, 9.17) is 10.2 Å². The van der Waals surface area contributed by atoms with Gasteiger partial charge in [-0.05, 0) is 18.2 Å². The molecule has 0 radical (unpaired) electrons. The smallest absolute Gasteiger partial charge is 0.313 e. The van der Waals surface area contributed by atoms with Gasteiger partial charge in [0.2, 0.25) is 5.89 Å². The van der Waals surface area contributed by atoms with E-state index in [1.807, 2.05) is 18.2 Å². The molecule has 1 heterocycles. The lowest BCUT2D eigenvalue weighted by atomic mass is 10.2. The third kappa shape index (κ3) is 2.55. The summed E-state index contributed by atoms with van der Waals surface area (Å²) >= 11 is 1.79. The second-order valence-electron chi connectivity index (χ2n) is 3.64. The molecule has 0 amide bonds. The van der Waals surface area contributed by atoms with E-state index in [1.54, 1.807) is 11.8 Å². The molecule has 0 saturated heterocycles. The van der Waals surface area contributed by atoms with Gasteiger partial charge in [-0.1, -0.05) is 25.0 Å². The molecule has 0 aliphatic rings. The molecule has 0 aliphatic carbocycles. The van der Waals surface area contributed by atoms with Gasteiger partial charge in [-0.3, -0.25) is 0 Å². The molecule has 1 aromatic heterocycles. The highest BCUT2D eigenvalue weighted by Gasteiger charge is 2.07. The molecule has 84 valence electrons. The van der Waals surface area contributed by atoms with Gasteiger partial charge in [-0.25, -0.2) is 0 Å². The van der Waals surface area contributed by atoms with Crippen LogP contribution in [0, 0.1) is 0 Å². The molecule has 4 nitrogen and oxygen atoms in total. The third-order valence-electron chi connectivity index (χ3n) is 1.89. The number of nitrogen functional groups attached to an aromatic ring is 1. The highest BCUT2D eigenvalue weighted by molar-refractivity contribution is 7.99. The maximum Gasteiger partial charge on any atom is 0.313 e. The molecule has 2 N–H and O–H groups in total. The minimum atomic E-state index is 0.0944. The number of hydrogen-bond acceptors (Lipinski definition) is 5. The summed E-state index contributed by atoms with van der Waals surface area (Å²) in [5, 5.41) is 8.04. The third-order valence-corrected chi connectivity index (χ3v) is 2.89. The first-order chi connectivity index (χ1) is 7.65. The van der Waals surface area contributed by atoms with Crippen molar-refractivity contribution in [3.8, 4) is 11.5 Å². The van der Waals surface area contributed by atoms with Gasteiger partial charge >= 0.3 is 6.01 Å². The summed E-state index contributed by atoms with van der Waals surface area (Å²) in [6, 6.07) is 8.08. The Labute approximate surface area is 98.2 Å². The molecule has 2 aromatic rings. The number of hydrogen-bond donors (Lipinski definition) is 1. The van der Waals surface area contributed by atoms with Crippen molar-refractivity contribution < 1.29 is 4.42 Å². The van der Waals surface area contributed by atoms with Gasteiger partial charge in [0.15, 0.2) is 0 Å². The standard InChI is InChI=1S/C11H13N3OS/c1-7(2)16-9-5-3-4-8(6-9)10-13-14-11(12)15-10/h3-7H,1-2H3,(H2,12,14). The number of rotatable bonds is 3. The Bertz CT molecular complexity index is 482. The Kier molecular flexibility index (Phi) is 3.14. The summed E-state index contributed by atoms with van der Waals surface area (Å²) < 4.78 is 5.18. The number of benzene rings is 1. The first-order valence-electron chi connectivity index (χ1n) is 5.01. The summed E-state index contributed by atoms with van der Waals surface area (Å²) in [7, 11) is 0. The molecule has 5 heteroatoms. The zero-order valence-corrected chi connectivity index (χ0v) is 9.99. The maximum absolute atomic E-state index is 5.39. The van der Waals surface area contributed by atoms with Crippen molar-refractivity contribution >= 4 is 17.8 Å². The van der Waals surface area contributed by atoms with Gasteiger partial charge in [0.05, 0.1) is 0 Å². The number of anilines is 1. The van der Waals surface area contributed by atoms with Crippen molar-refractivity contribution in [3.63, 3.8) is 0 Å². The van der Waals surface area contributed by atoms with Crippen LogP contribution in [0.25, 0.3) is 11.5 Å². The van der Waals surface area contributed by atoms with Gasteiger partial charge < -0.3 is 10.2 Å². The van der Waals surface area contributed by atoms with E-state index in [2.05, 4.69) is 30.1 Å². The first kappa shape index (κ1) is 11.0. The quantitative estimate of drug-likeness (QED) is 0.829. The summed E-state index contributed by atoms with van der Waals surface area (Å²) in [4.78, 5) is 1.18. The SMILES string of the molecule is CC(C)Sc1cccc(-c2nnc(N)o2)c1. The molecular formula is C11H13N3OS. The van der Waals surface area contributed by atoms with E-state index in [-0.39, 0.29) is 6.01 Å². The van der Waals surface area contributed by atoms with Gasteiger partial charge in [-0.15, -0.1) is 16.9 Å². The molecule has 0 aliphatic heterocycles. The summed E-state index contributed by atoms with van der Waals surface area (Å²) in [5.74, 6) is 0.462. The van der Waals surface area contributed by atoms with Crippen molar-refractivity contribution in [1.29, 1.82) is 0 Å². The Hall–Kier alpha value is -1.49. The number of nitrogens with two attached hydrogens (primary N) is 1. The number of nitrogens with zero attached hydrogens (tertiary/aromatic N) is 2. The molecule has 0 spiro atoms. The Morgan fingerprint density at radius 1 is 1.31 bits per heavy atom. The zero-order valence-electron chi connectivity index (χ0n) is 9.18. The van der Waals surface area contributed by atoms with Gasteiger partial charge in [0.25, 0.3) is 0 Å². The minimum absolute atomic E-state index is 0.0944. The first-order valence-corrected chi connectivity index (χ1v) is 5.89. The second-order valence-corrected chi connectivity index (χ2v) is 5.29. The van der Waals surface area contributed by atoms with Crippen molar-refractivity contribution in [1.82, 2.24) is 10.2 Å². The fourth-order valence-electron chi connectivity index (χ4n) is 1.33. The molecule has 0 fully saturated rings. The number of thioether (sulfide) groups is 1. The van der Waals surface area contributed by atoms with Crippen LogP contribution in [0.4, 0.5) is 6.01 Å². The van der Waals surface area contributed by atoms with E-state index < -0.39 is 0 Å². The van der Waals surface area contributed by atoms with Gasteiger partial charge in [-0.2, -0.15) is 0 Å². The van der Waals surface area contributed by atoms with Crippen molar-refractivity contribution in [2.24, 2.45) is 0 Å². The van der Waals surface area contributed by atoms with E-state index in [1.165, 1.54) is 4.90 Å². The van der Waals surface area contributed by atoms with Crippen molar-refractivity contribution in [3.05, 3.63) is 24.3 Å². The zero-order chi connectivity index (χ0) is 11.5. The van der Waals surface area contributed by atoms with Crippen LogP contribution in [0.3, 0.4) is 0 Å². The van der Waals surface area contributed by atoms with Gasteiger partial charge in [0.1, 0.15) is 0 Å². The van der Waals surface area contributed by atoms with Crippen LogP contribution < -0.4 is 5.73 Å². The molecule has 0 atom stereocenters. The summed E-state index contributed by atoms with van der Waals surface area (Å²) in [6.07, 6.45) is 0. The highest BCUT2D eigenvalue weighted by atomic mass is 32.2. The molecule has 16 heavy (non-hydrogen) atoms. The van der Waals surface area contributed by atoms with Crippen LogP contribution in [0.1, 0.15) is 13.8 Å². The molecule has 0 bridgehead atoms. The molecular weight excluding hydrogens is 222 g/mol. The fraction of sp³-hybridized carbons (Fsp3) is 0.273. The van der Waals surface area contributed by atoms with E-state index in [9.17, 15) is 0 Å². The summed E-state index contributed by atoms with van der Waals surface area (Å²) in [5.41, 5.74) is 6.29. The fourth-order valence-corrected chi connectivity index (χ4v) is 2.22. The van der Waals surface area contributed by atoms with E-state index in [0.717, 1.165) is 5.56 Å². The van der Waals surface area contributed by atoms with E-state index in [0.29, 0.717) is 11.1 Å². The predicted molar refractivity (Wildman–Crippen MR) is 65.1 cm³/mol. The topological polar surface area (TPSA) is 64.9 Å². The minimum Gasteiger partial charge on any atom is -0.404 e. The molecule has 0 unspecified atom stereocenters. The Morgan fingerprint density at radius 3 is 2.75 bits per heavy atom. The van der Waals surface area contributed by atoms with Crippen LogP contribution in [-0.2, 0) is 0 Å².